The number of nitrogens with zero attached hydrogens (tertiary/aromatic N) is 4. The van der Waals surface area contributed by atoms with E-state index < -0.39 is 0 Å². The SMILES string of the molecule is O=C(Cc1cccc(F)c1)NCCCN1CCN(c2ncccn2)CC1. The Kier molecular flexibility index (Phi) is 6.49. The maximum atomic E-state index is 13.1. The number of carbonyl (C=O) groups excluding carboxylic acids is 1. The molecule has 1 amide bonds. The fraction of sp³-hybridized carbons (Fsp3) is 0.421. The highest BCUT2D eigenvalue weighted by Crippen LogP contribution is 2.09. The van der Waals surface area contributed by atoms with E-state index in [0.29, 0.717) is 12.1 Å². The van der Waals surface area contributed by atoms with Crippen molar-refractivity contribution in [3.63, 3.8) is 0 Å². The average Bonchev–Trinajstić information content (AvgIpc) is 2.66. The van der Waals surface area contributed by atoms with Gasteiger partial charge in [-0.15, -0.1) is 0 Å². The first-order valence-corrected chi connectivity index (χ1v) is 8.96. The number of hydrogen-bond acceptors (Lipinski definition) is 5. The molecule has 2 heterocycles. The van der Waals surface area contributed by atoms with Gasteiger partial charge in [-0.05, 0) is 36.7 Å². The molecular weight excluding hydrogens is 333 g/mol. The van der Waals surface area contributed by atoms with Crippen molar-refractivity contribution in [3.8, 4) is 0 Å². The number of nitrogens with one attached hydrogen (secondary N) is 1. The summed E-state index contributed by atoms with van der Waals surface area (Å²) in [7, 11) is 0. The Morgan fingerprint density at radius 3 is 2.62 bits per heavy atom. The van der Waals surface area contributed by atoms with E-state index in [0.717, 1.165) is 45.1 Å². The lowest BCUT2D eigenvalue weighted by Crippen LogP contribution is -2.47. The molecule has 1 aromatic heterocycles. The molecule has 1 saturated heterocycles. The highest BCUT2D eigenvalue weighted by atomic mass is 19.1. The van der Waals surface area contributed by atoms with Gasteiger partial charge < -0.3 is 10.2 Å². The predicted octanol–water partition coefficient (Wildman–Crippen LogP) is 1.49. The van der Waals surface area contributed by atoms with Gasteiger partial charge in [-0.3, -0.25) is 9.69 Å². The molecule has 1 aliphatic rings. The van der Waals surface area contributed by atoms with E-state index in [4.69, 9.17) is 0 Å². The quantitative estimate of drug-likeness (QED) is 0.761. The minimum absolute atomic E-state index is 0.0679. The molecule has 1 aromatic carbocycles. The van der Waals surface area contributed by atoms with E-state index in [1.54, 1.807) is 24.5 Å². The molecule has 3 rings (SSSR count). The molecule has 26 heavy (non-hydrogen) atoms. The smallest absolute Gasteiger partial charge is 0.225 e. The molecule has 0 unspecified atom stereocenters. The van der Waals surface area contributed by atoms with Gasteiger partial charge in [-0.25, -0.2) is 14.4 Å². The van der Waals surface area contributed by atoms with E-state index >= 15 is 0 Å². The van der Waals surface area contributed by atoms with Crippen LogP contribution in [0.1, 0.15) is 12.0 Å². The second kappa shape index (κ2) is 9.24. The van der Waals surface area contributed by atoms with Crippen LogP contribution in [-0.4, -0.2) is 60.0 Å². The Hall–Kier alpha value is -2.54. The van der Waals surface area contributed by atoms with Crippen LogP contribution in [0.25, 0.3) is 0 Å². The molecule has 0 saturated carbocycles. The number of carbonyl (C=O) groups is 1. The summed E-state index contributed by atoms with van der Waals surface area (Å²) in [5.74, 6) is 0.411. The summed E-state index contributed by atoms with van der Waals surface area (Å²) in [6.45, 7) is 5.34. The number of amides is 1. The van der Waals surface area contributed by atoms with Crippen molar-refractivity contribution >= 4 is 11.9 Å². The largest absolute Gasteiger partial charge is 0.356 e. The second-order valence-corrected chi connectivity index (χ2v) is 6.39. The van der Waals surface area contributed by atoms with E-state index in [2.05, 4.69) is 25.1 Å². The summed E-state index contributed by atoms with van der Waals surface area (Å²) in [5.41, 5.74) is 0.696. The minimum Gasteiger partial charge on any atom is -0.356 e. The molecular formula is C19H24FN5O. The molecule has 0 aliphatic carbocycles. The van der Waals surface area contributed by atoms with E-state index in [1.807, 2.05) is 6.07 Å². The van der Waals surface area contributed by atoms with E-state index in [1.165, 1.54) is 12.1 Å². The van der Waals surface area contributed by atoms with Gasteiger partial charge in [0.15, 0.2) is 0 Å². The molecule has 0 spiro atoms. The van der Waals surface area contributed by atoms with Crippen LogP contribution in [-0.2, 0) is 11.2 Å². The first kappa shape index (κ1) is 18.3. The van der Waals surface area contributed by atoms with Gasteiger partial charge in [0.1, 0.15) is 5.82 Å². The third-order valence-electron chi connectivity index (χ3n) is 4.43. The number of rotatable bonds is 7. The Balaban J connectivity index is 1.30. The molecule has 1 aliphatic heterocycles. The number of aromatic nitrogens is 2. The van der Waals surface area contributed by atoms with Crippen molar-refractivity contribution < 1.29 is 9.18 Å². The lowest BCUT2D eigenvalue weighted by molar-refractivity contribution is -0.120. The Labute approximate surface area is 153 Å². The van der Waals surface area contributed by atoms with Crippen molar-refractivity contribution in [2.24, 2.45) is 0 Å². The molecule has 0 atom stereocenters. The summed E-state index contributed by atoms with van der Waals surface area (Å²) in [6, 6.07) is 7.99. The Bertz CT molecular complexity index is 704. The van der Waals surface area contributed by atoms with E-state index in [9.17, 15) is 9.18 Å². The fourth-order valence-corrected chi connectivity index (χ4v) is 3.05. The first-order valence-electron chi connectivity index (χ1n) is 8.96. The van der Waals surface area contributed by atoms with Gasteiger partial charge in [0.25, 0.3) is 0 Å². The normalized spacial score (nSPS) is 15.0. The summed E-state index contributed by atoms with van der Waals surface area (Å²) in [4.78, 5) is 25.1. The Morgan fingerprint density at radius 1 is 1.12 bits per heavy atom. The number of anilines is 1. The van der Waals surface area contributed by atoms with Crippen LogP contribution in [0.3, 0.4) is 0 Å². The lowest BCUT2D eigenvalue weighted by Gasteiger charge is -2.34. The van der Waals surface area contributed by atoms with Gasteiger partial charge in [-0.1, -0.05) is 12.1 Å². The molecule has 7 heteroatoms. The van der Waals surface area contributed by atoms with Gasteiger partial charge in [0, 0.05) is 45.1 Å². The summed E-state index contributed by atoms with van der Waals surface area (Å²) >= 11 is 0. The van der Waals surface area contributed by atoms with Crippen molar-refractivity contribution in [1.82, 2.24) is 20.2 Å². The second-order valence-electron chi connectivity index (χ2n) is 6.39. The zero-order chi connectivity index (χ0) is 18.2. The van der Waals surface area contributed by atoms with Crippen LogP contribution in [0.5, 0.6) is 0 Å². The minimum atomic E-state index is -0.310. The number of halogens is 1. The van der Waals surface area contributed by atoms with Crippen LogP contribution in [0, 0.1) is 5.82 Å². The topological polar surface area (TPSA) is 61.4 Å². The van der Waals surface area contributed by atoms with Gasteiger partial charge in [0.2, 0.25) is 11.9 Å². The number of benzene rings is 1. The van der Waals surface area contributed by atoms with Crippen LogP contribution >= 0.6 is 0 Å². The highest BCUT2D eigenvalue weighted by molar-refractivity contribution is 5.78. The first-order chi connectivity index (χ1) is 12.7. The summed E-state index contributed by atoms with van der Waals surface area (Å²) in [5, 5.41) is 2.91. The number of piperazine rings is 1. The zero-order valence-electron chi connectivity index (χ0n) is 14.8. The average molecular weight is 357 g/mol. The van der Waals surface area contributed by atoms with Crippen LogP contribution < -0.4 is 10.2 Å². The molecule has 138 valence electrons. The highest BCUT2D eigenvalue weighted by Gasteiger charge is 2.18. The molecule has 0 radical (unpaired) electrons. The molecule has 1 fully saturated rings. The fourth-order valence-electron chi connectivity index (χ4n) is 3.05. The molecule has 6 nitrogen and oxygen atoms in total. The van der Waals surface area contributed by atoms with Crippen molar-refractivity contribution in [1.29, 1.82) is 0 Å². The van der Waals surface area contributed by atoms with Crippen molar-refractivity contribution in [3.05, 3.63) is 54.1 Å². The Morgan fingerprint density at radius 2 is 1.88 bits per heavy atom. The van der Waals surface area contributed by atoms with Crippen LogP contribution in [0.4, 0.5) is 10.3 Å². The number of hydrogen-bond donors (Lipinski definition) is 1. The van der Waals surface area contributed by atoms with Gasteiger partial charge in [-0.2, -0.15) is 0 Å². The van der Waals surface area contributed by atoms with Crippen LogP contribution in [0.15, 0.2) is 42.7 Å². The van der Waals surface area contributed by atoms with Crippen LogP contribution in [0.2, 0.25) is 0 Å². The maximum Gasteiger partial charge on any atom is 0.225 e. The third-order valence-corrected chi connectivity index (χ3v) is 4.43. The third kappa shape index (κ3) is 5.49. The monoisotopic (exact) mass is 357 g/mol. The summed E-state index contributed by atoms with van der Waals surface area (Å²) in [6.07, 6.45) is 4.65. The standard InChI is InChI=1S/C19H24FN5O/c20-17-5-1-4-16(14-17)15-18(26)21-8-3-9-24-10-12-25(13-11-24)19-22-6-2-7-23-19/h1-2,4-7,14H,3,8-13,15H2,(H,21,26). The molecule has 0 bridgehead atoms. The molecule has 1 N–H and O–H groups in total. The zero-order valence-corrected chi connectivity index (χ0v) is 14.8. The van der Waals surface area contributed by atoms with Gasteiger partial charge >= 0.3 is 0 Å². The maximum absolute atomic E-state index is 13.1. The lowest BCUT2D eigenvalue weighted by atomic mass is 10.1. The van der Waals surface area contributed by atoms with Crippen molar-refractivity contribution in [2.45, 2.75) is 12.8 Å². The predicted molar refractivity (Wildman–Crippen MR) is 98.4 cm³/mol. The summed E-state index contributed by atoms with van der Waals surface area (Å²) < 4.78 is 13.1. The van der Waals surface area contributed by atoms with Gasteiger partial charge in [0.05, 0.1) is 6.42 Å². The van der Waals surface area contributed by atoms with E-state index in [-0.39, 0.29) is 18.1 Å². The van der Waals surface area contributed by atoms with Crippen molar-refractivity contribution in [2.75, 3.05) is 44.2 Å². The molecule has 2 aromatic rings.